The van der Waals surface area contributed by atoms with E-state index in [1.165, 1.54) is 4.90 Å². The van der Waals surface area contributed by atoms with Crippen LogP contribution in [0.5, 0.6) is 0 Å². The number of nitrogens with zero attached hydrogens (tertiary/aromatic N) is 2. The lowest BCUT2D eigenvalue weighted by atomic mass is 9.88. The Balaban J connectivity index is 1.34. The Bertz CT molecular complexity index is 1890. The van der Waals surface area contributed by atoms with Crippen LogP contribution in [0.4, 0.5) is 14.4 Å². The van der Waals surface area contributed by atoms with Crippen LogP contribution < -0.4 is 11.1 Å². The number of nitrogens with one attached hydrogen (secondary N) is 1. The van der Waals surface area contributed by atoms with Gasteiger partial charge in [-0.3, -0.25) is 14.5 Å². The van der Waals surface area contributed by atoms with Gasteiger partial charge in [0.25, 0.3) is 0 Å². The minimum absolute atomic E-state index is 0.0000280. The van der Waals surface area contributed by atoms with Gasteiger partial charge in [0.1, 0.15) is 38.5 Å². The number of carbonyl (C=O) groups excluding carboxylic acids is 4. The average molecular weight is 825 g/mol. The Morgan fingerprint density at radius 3 is 1.40 bits per heavy atom. The number of aliphatic carboxylic acids is 1. The van der Waals surface area contributed by atoms with Gasteiger partial charge in [0, 0.05) is 26.2 Å². The molecule has 14 nitrogen and oxygen atoms in total. The predicted molar refractivity (Wildman–Crippen MR) is 224 cm³/mol. The largest absolute Gasteiger partial charge is 0.480 e. The van der Waals surface area contributed by atoms with E-state index < -0.39 is 42.3 Å². The molecule has 0 bridgehead atoms. The van der Waals surface area contributed by atoms with Crippen molar-refractivity contribution in [1.29, 1.82) is 0 Å². The fourth-order valence-electron chi connectivity index (χ4n) is 6.23. The maximum Gasteiger partial charge on any atom is 0.410 e. The topological polar surface area (TPSA) is 187 Å². The first kappa shape index (κ1) is 46.3. The molecule has 60 heavy (non-hydrogen) atoms. The third kappa shape index (κ3) is 17.6. The number of carboxylic acids is 1. The van der Waals surface area contributed by atoms with Crippen LogP contribution in [-0.2, 0) is 55.0 Å². The Morgan fingerprint density at radius 2 is 0.917 bits per heavy atom. The molecule has 0 saturated carbocycles. The van der Waals surface area contributed by atoms with Gasteiger partial charge >= 0.3 is 30.2 Å². The number of alkyl carbamates (subject to hydrolysis) is 1. The molecule has 0 saturated heterocycles. The summed E-state index contributed by atoms with van der Waals surface area (Å²) >= 11 is 0. The Hall–Kier alpha value is -6.41. The lowest BCUT2D eigenvalue weighted by molar-refractivity contribution is -0.152. The third-order valence-corrected chi connectivity index (χ3v) is 9.56. The molecule has 0 spiro atoms. The molecule has 14 heteroatoms. The molecule has 0 radical (unpaired) electrons. The van der Waals surface area contributed by atoms with E-state index in [1.54, 1.807) is 12.1 Å². The summed E-state index contributed by atoms with van der Waals surface area (Å²) in [5.74, 6) is -1.75. The Labute approximate surface area is 351 Å². The zero-order valence-corrected chi connectivity index (χ0v) is 34.0. The number of hydrogen-bond donors (Lipinski definition) is 3. The van der Waals surface area contributed by atoms with Crippen LogP contribution in [0.1, 0.15) is 67.2 Å². The van der Waals surface area contributed by atoms with Crippen LogP contribution in [-0.4, -0.2) is 83.4 Å². The standard InChI is InChI=1S/C46H56N4O10/c47-46(42(53)57-33-37-18-5-1-6-19-37,26-13-14-28-48-43(54)58-34-38-20-7-2-8-21-38)27-17-31-49(44(55)59-35-39-22-9-3-10-23-39)29-15-16-30-50(32-41(51)52)45(56)60-36-40-24-11-4-12-25-40/h1-12,18-25H,13-17,26-36,47H2,(H,48,54)(H,51,52). The summed E-state index contributed by atoms with van der Waals surface area (Å²) in [4.78, 5) is 66.4. The van der Waals surface area contributed by atoms with E-state index >= 15 is 0 Å². The van der Waals surface area contributed by atoms with Crippen molar-refractivity contribution in [3.63, 3.8) is 0 Å². The van der Waals surface area contributed by atoms with Gasteiger partial charge in [-0.05, 0) is 67.2 Å². The number of rotatable bonds is 25. The van der Waals surface area contributed by atoms with Crippen molar-refractivity contribution in [3.05, 3.63) is 144 Å². The SMILES string of the molecule is NC(CCCCNC(=O)OCc1ccccc1)(CCCN(CCCCN(CC(=O)O)C(=O)OCc1ccccc1)C(=O)OCc1ccccc1)C(=O)OCc1ccccc1. The molecule has 4 aromatic rings. The second-order valence-electron chi connectivity index (χ2n) is 14.4. The fourth-order valence-corrected chi connectivity index (χ4v) is 6.23. The second kappa shape index (κ2) is 25.8. The van der Waals surface area contributed by atoms with Crippen LogP contribution in [0, 0.1) is 0 Å². The number of esters is 1. The zero-order chi connectivity index (χ0) is 42.8. The smallest absolute Gasteiger partial charge is 0.410 e. The first-order valence-electron chi connectivity index (χ1n) is 20.2. The molecule has 0 aromatic heterocycles. The van der Waals surface area contributed by atoms with Gasteiger partial charge in [-0.15, -0.1) is 0 Å². The summed E-state index contributed by atoms with van der Waals surface area (Å²) in [5.41, 5.74) is 8.70. The summed E-state index contributed by atoms with van der Waals surface area (Å²) in [6.07, 6.45) is 0.735. The van der Waals surface area contributed by atoms with Crippen molar-refractivity contribution >= 4 is 30.2 Å². The molecule has 320 valence electrons. The molecule has 4 rings (SSSR count). The molecule has 1 atom stereocenters. The predicted octanol–water partition coefficient (Wildman–Crippen LogP) is 7.45. The molecular weight excluding hydrogens is 769 g/mol. The van der Waals surface area contributed by atoms with Crippen LogP contribution in [0.25, 0.3) is 0 Å². The number of carbonyl (C=O) groups is 5. The number of unbranched alkanes of at least 4 members (excludes halogenated alkanes) is 2. The van der Waals surface area contributed by atoms with Crippen LogP contribution in [0.3, 0.4) is 0 Å². The lowest BCUT2D eigenvalue weighted by Gasteiger charge is -2.29. The minimum Gasteiger partial charge on any atom is -0.480 e. The molecule has 4 N–H and O–H groups in total. The van der Waals surface area contributed by atoms with Crippen molar-refractivity contribution in [2.75, 3.05) is 32.7 Å². The maximum absolute atomic E-state index is 13.6. The van der Waals surface area contributed by atoms with Crippen LogP contribution in [0.15, 0.2) is 121 Å². The Morgan fingerprint density at radius 1 is 0.517 bits per heavy atom. The van der Waals surface area contributed by atoms with Crippen molar-refractivity contribution < 1.29 is 48.0 Å². The first-order valence-corrected chi connectivity index (χ1v) is 20.2. The van der Waals surface area contributed by atoms with Crippen molar-refractivity contribution in [2.45, 2.75) is 76.9 Å². The summed E-state index contributed by atoms with van der Waals surface area (Å²) in [6.45, 7) is 0.546. The Kier molecular flexibility index (Phi) is 19.9. The minimum atomic E-state index is -1.39. The normalized spacial score (nSPS) is 11.7. The van der Waals surface area contributed by atoms with Gasteiger partial charge in [0.15, 0.2) is 0 Å². The molecule has 0 aliphatic heterocycles. The summed E-state index contributed by atoms with van der Waals surface area (Å²) in [7, 11) is 0. The quantitative estimate of drug-likeness (QED) is 0.0342. The summed E-state index contributed by atoms with van der Waals surface area (Å²) < 4.78 is 22.0. The second-order valence-corrected chi connectivity index (χ2v) is 14.4. The third-order valence-electron chi connectivity index (χ3n) is 9.56. The van der Waals surface area contributed by atoms with E-state index in [9.17, 15) is 29.1 Å². The number of ether oxygens (including phenoxy) is 4. The molecular formula is C46H56N4O10. The van der Waals surface area contributed by atoms with Crippen LogP contribution in [0.2, 0.25) is 0 Å². The summed E-state index contributed by atoms with van der Waals surface area (Å²) in [5, 5.41) is 12.2. The summed E-state index contributed by atoms with van der Waals surface area (Å²) in [6, 6.07) is 36.9. The lowest BCUT2D eigenvalue weighted by Crippen LogP contribution is -2.49. The highest BCUT2D eigenvalue weighted by Crippen LogP contribution is 2.22. The van der Waals surface area contributed by atoms with Gasteiger partial charge in [-0.25, -0.2) is 14.4 Å². The van der Waals surface area contributed by atoms with Gasteiger partial charge in [0.05, 0.1) is 0 Å². The first-order chi connectivity index (χ1) is 29.1. The monoisotopic (exact) mass is 824 g/mol. The highest BCUT2D eigenvalue weighted by molar-refractivity contribution is 5.80. The molecule has 4 aromatic carbocycles. The van der Waals surface area contributed by atoms with Crippen LogP contribution >= 0.6 is 0 Å². The van der Waals surface area contributed by atoms with Gasteiger partial charge in [-0.1, -0.05) is 121 Å². The van der Waals surface area contributed by atoms with Crippen molar-refractivity contribution in [1.82, 2.24) is 15.1 Å². The molecule has 0 fully saturated rings. The molecule has 0 aliphatic rings. The maximum atomic E-state index is 13.6. The number of nitrogens with two attached hydrogens (primary N) is 1. The van der Waals surface area contributed by atoms with E-state index in [0.717, 1.165) is 27.2 Å². The van der Waals surface area contributed by atoms with E-state index in [1.807, 2.05) is 109 Å². The highest BCUT2D eigenvalue weighted by Gasteiger charge is 2.35. The number of carboxylic acid groups (broad SMARTS) is 1. The van der Waals surface area contributed by atoms with Gasteiger partial charge in [-0.2, -0.15) is 0 Å². The number of amides is 3. The van der Waals surface area contributed by atoms with E-state index in [2.05, 4.69) is 5.32 Å². The van der Waals surface area contributed by atoms with E-state index in [0.29, 0.717) is 38.6 Å². The highest BCUT2D eigenvalue weighted by atomic mass is 16.6. The number of hydrogen-bond acceptors (Lipinski definition) is 10. The van der Waals surface area contributed by atoms with Gasteiger partial charge < -0.3 is 40.0 Å². The molecule has 1 unspecified atom stereocenters. The zero-order valence-electron chi connectivity index (χ0n) is 34.0. The fraction of sp³-hybridized carbons (Fsp3) is 0.370. The van der Waals surface area contributed by atoms with E-state index in [-0.39, 0.29) is 58.9 Å². The van der Waals surface area contributed by atoms with Crippen molar-refractivity contribution in [3.8, 4) is 0 Å². The molecule has 0 aliphatic carbocycles. The molecule has 3 amide bonds. The van der Waals surface area contributed by atoms with E-state index in [4.69, 9.17) is 24.7 Å². The number of benzene rings is 4. The van der Waals surface area contributed by atoms with Crippen molar-refractivity contribution in [2.24, 2.45) is 5.73 Å². The average Bonchev–Trinajstić information content (AvgIpc) is 3.27. The van der Waals surface area contributed by atoms with Gasteiger partial charge in [0.2, 0.25) is 0 Å². The molecule has 0 heterocycles.